The predicted octanol–water partition coefficient (Wildman–Crippen LogP) is 2.64. The van der Waals surface area contributed by atoms with Gasteiger partial charge in [0.1, 0.15) is 23.5 Å². The molecule has 0 fully saturated rings. The molecular formula is C14H13F2NO2. The summed E-state index contributed by atoms with van der Waals surface area (Å²) in [5.74, 6) is -1.13. The Bertz CT molecular complexity index is 582. The molecule has 0 saturated carbocycles. The summed E-state index contributed by atoms with van der Waals surface area (Å²) in [6, 6.07) is 7.93. The van der Waals surface area contributed by atoms with Crippen LogP contribution in [0, 0.1) is 11.6 Å². The van der Waals surface area contributed by atoms with Crippen LogP contribution in [-0.4, -0.2) is 12.2 Å². The zero-order valence-electron chi connectivity index (χ0n) is 10.2. The summed E-state index contributed by atoms with van der Waals surface area (Å²) in [5, 5.41) is 10.1. The topological polar surface area (TPSA) is 55.5 Å². The number of ether oxygens (including phenoxy) is 1. The van der Waals surface area contributed by atoms with E-state index in [2.05, 4.69) is 0 Å². The van der Waals surface area contributed by atoms with Gasteiger partial charge in [-0.2, -0.15) is 0 Å². The number of nitrogen functional groups attached to an aromatic ring is 1. The number of hydrogen-bond acceptors (Lipinski definition) is 3. The van der Waals surface area contributed by atoms with E-state index in [-0.39, 0.29) is 11.3 Å². The molecule has 0 amide bonds. The zero-order valence-corrected chi connectivity index (χ0v) is 10.2. The van der Waals surface area contributed by atoms with Crippen molar-refractivity contribution in [3.8, 4) is 5.75 Å². The highest BCUT2D eigenvalue weighted by Crippen LogP contribution is 2.32. The number of aliphatic hydroxyl groups excluding tert-OH is 1. The van der Waals surface area contributed by atoms with Crippen molar-refractivity contribution < 1.29 is 18.6 Å². The van der Waals surface area contributed by atoms with Crippen molar-refractivity contribution in [3.05, 3.63) is 59.2 Å². The Hall–Kier alpha value is -2.14. The predicted molar refractivity (Wildman–Crippen MR) is 67.8 cm³/mol. The lowest BCUT2D eigenvalue weighted by Gasteiger charge is -2.16. The molecule has 3 N–H and O–H groups in total. The molecule has 0 heterocycles. The minimum atomic E-state index is -1.47. The number of methoxy groups -OCH3 is 1. The first-order valence-corrected chi connectivity index (χ1v) is 5.60. The van der Waals surface area contributed by atoms with E-state index in [4.69, 9.17) is 10.5 Å². The third kappa shape index (κ3) is 2.51. The van der Waals surface area contributed by atoms with Gasteiger partial charge in [-0.25, -0.2) is 8.78 Å². The Morgan fingerprint density at radius 3 is 2.32 bits per heavy atom. The van der Waals surface area contributed by atoms with Gasteiger partial charge in [0, 0.05) is 17.3 Å². The maximum atomic E-state index is 13.6. The Morgan fingerprint density at radius 1 is 1.16 bits per heavy atom. The number of aliphatic hydroxyl groups is 1. The lowest BCUT2D eigenvalue weighted by molar-refractivity contribution is 0.209. The van der Waals surface area contributed by atoms with Gasteiger partial charge in [0.15, 0.2) is 0 Å². The van der Waals surface area contributed by atoms with Crippen LogP contribution in [0.5, 0.6) is 5.75 Å². The summed E-state index contributed by atoms with van der Waals surface area (Å²) >= 11 is 0. The largest absolute Gasteiger partial charge is 0.497 e. The van der Waals surface area contributed by atoms with Gasteiger partial charge in [0.2, 0.25) is 0 Å². The minimum absolute atomic E-state index is 0.203. The van der Waals surface area contributed by atoms with Crippen LogP contribution in [0.25, 0.3) is 0 Å². The third-order valence-electron chi connectivity index (χ3n) is 2.86. The summed E-state index contributed by atoms with van der Waals surface area (Å²) in [7, 11) is 1.47. The van der Waals surface area contributed by atoms with Crippen LogP contribution in [0.3, 0.4) is 0 Å². The fourth-order valence-corrected chi connectivity index (χ4v) is 1.86. The van der Waals surface area contributed by atoms with Crippen LogP contribution in [0.15, 0.2) is 36.4 Å². The van der Waals surface area contributed by atoms with Crippen molar-refractivity contribution in [2.75, 3.05) is 12.8 Å². The number of anilines is 1. The highest BCUT2D eigenvalue weighted by atomic mass is 19.1. The van der Waals surface area contributed by atoms with E-state index in [1.807, 2.05) is 0 Å². The van der Waals surface area contributed by atoms with Gasteiger partial charge in [-0.1, -0.05) is 12.1 Å². The normalized spacial score (nSPS) is 12.2. The number of rotatable bonds is 3. The molecule has 19 heavy (non-hydrogen) atoms. The van der Waals surface area contributed by atoms with Gasteiger partial charge in [0.05, 0.1) is 12.7 Å². The molecule has 2 aromatic rings. The molecule has 0 bridgehead atoms. The summed E-state index contributed by atoms with van der Waals surface area (Å²) in [6.07, 6.45) is -1.47. The molecule has 0 aliphatic carbocycles. The molecule has 0 aromatic heterocycles. The van der Waals surface area contributed by atoms with Crippen LogP contribution in [0.4, 0.5) is 14.5 Å². The Kier molecular flexibility index (Phi) is 3.66. The maximum absolute atomic E-state index is 13.6. The number of halogens is 2. The lowest BCUT2D eigenvalue weighted by Crippen LogP contribution is -2.08. The van der Waals surface area contributed by atoms with E-state index >= 15 is 0 Å². The number of hydrogen-bond donors (Lipinski definition) is 2. The molecule has 1 unspecified atom stereocenters. The molecule has 0 radical (unpaired) electrons. The van der Waals surface area contributed by atoms with Gasteiger partial charge >= 0.3 is 0 Å². The van der Waals surface area contributed by atoms with Crippen LogP contribution in [-0.2, 0) is 0 Å². The molecule has 2 rings (SSSR count). The number of nitrogens with two attached hydrogens (primary N) is 1. The van der Waals surface area contributed by atoms with Crippen LogP contribution < -0.4 is 10.5 Å². The molecule has 100 valence electrons. The Labute approximate surface area is 109 Å². The van der Waals surface area contributed by atoms with Crippen LogP contribution in [0.2, 0.25) is 0 Å². The average molecular weight is 265 g/mol. The van der Waals surface area contributed by atoms with Crippen LogP contribution in [0.1, 0.15) is 17.2 Å². The average Bonchev–Trinajstić information content (AvgIpc) is 2.38. The first kappa shape index (κ1) is 13.3. The van der Waals surface area contributed by atoms with Crippen molar-refractivity contribution in [1.29, 1.82) is 0 Å². The van der Waals surface area contributed by atoms with Crippen molar-refractivity contribution in [1.82, 2.24) is 0 Å². The van der Waals surface area contributed by atoms with E-state index in [9.17, 15) is 13.9 Å². The van der Waals surface area contributed by atoms with E-state index in [0.717, 1.165) is 12.1 Å². The highest BCUT2D eigenvalue weighted by Gasteiger charge is 2.21. The van der Waals surface area contributed by atoms with E-state index in [1.54, 1.807) is 6.07 Å². The highest BCUT2D eigenvalue weighted by molar-refractivity contribution is 5.54. The Morgan fingerprint density at radius 2 is 1.79 bits per heavy atom. The molecule has 2 aromatic carbocycles. The second kappa shape index (κ2) is 5.24. The zero-order chi connectivity index (χ0) is 14.0. The van der Waals surface area contributed by atoms with Gasteiger partial charge < -0.3 is 15.6 Å². The second-order valence-electron chi connectivity index (χ2n) is 4.03. The van der Waals surface area contributed by atoms with E-state index in [0.29, 0.717) is 5.75 Å². The van der Waals surface area contributed by atoms with Crippen molar-refractivity contribution in [2.45, 2.75) is 6.10 Å². The van der Waals surface area contributed by atoms with E-state index < -0.39 is 23.3 Å². The second-order valence-corrected chi connectivity index (χ2v) is 4.03. The molecule has 0 saturated heterocycles. The molecule has 0 spiro atoms. The molecule has 3 nitrogen and oxygen atoms in total. The quantitative estimate of drug-likeness (QED) is 0.839. The molecule has 0 aliphatic rings. The van der Waals surface area contributed by atoms with Gasteiger partial charge in [0.25, 0.3) is 0 Å². The Balaban J connectivity index is 2.47. The summed E-state index contributed by atoms with van der Waals surface area (Å²) in [6.45, 7) is 0. The van der Waals surface area contributed by atoms with Gasteiger partial charge in [-0.05, 0) is 18.2 Å². The summed E-state index contributed by atoms with van der Waals surface area (Å²) in [5.41, 5.74) is 5.76. The molecule has 0 aliphatic heterocycles. The monoisotopic (exact) mass is 265 g/mol. The fourth-order valence-electron chi connectivity index (χ4n) is 1.86. The lowest BCUT2D eigenvalue weighted by atomic mass is 9.99. The maximum Gasteiger partial charge on any atom is 0.132 e. The standard InChI is InChI=1S/C14H13F2NO2/c1-19-8-5-6-9(12(17)7-8)14(18)13-10(15)3-2-4-11(13)16/h2-7,14,18H,17H2,1H3. The SMILES string of the molecule is COc1ccc(C(O)c2c(F)cccc2F)c(N)c1. The minimum Gasteiger partial charge on any atom is -0.497 e. The number of benzene rings is 2. The van der Waals surface area contributed by atoms with E-state index in [1.165, 1.54) is 25.3 Å². The fraction of sp³-hybridized carbons (Fsp3) is 0.143. The van der Waals surface area contributed by atoms with Crippen molar-refractivity contribution in [2.24, 2.45) is 0 Å². The molecular weight excluding hydrogens is 252 g/mol. The smallest absolute Gasteiger partial charge is 0.132 e. The third-order valence-corrected chi connectivity index (χ3v) is 2.86. The summed E-state index contributed by atoms with van der Waals surface area (Å²) < 4.78 is 32.2. The van der Waals surface area contributed by atoms with Crippen molar-refractivity contribution in [3.63, 3.8) is 0 Å². The van der Waals surface area contributed by atoms with Crippen LogP contribution >= 0.6 is 0 Å². The molecule has 1 atom stereocenters. The molecule has 5 heteroatoms. The van der Waals surface area contributed by atoms with Crippen molar-refractivity contribution >= 4 is 5.69 Å². The first-order chi connectivity index (χ1) is 9.04. The first-order valence-electron chi connectivity index (χ1n) is 5.60. The van der Waals surface area contributed by atoms with Gasteiger partial charge in [-0.3, -0.25) is 0 Å². The summed E-state index contributed by atoms with van der Waals surface area (Å²) in [4.78, 5) is 0. The van der Waals surface area contributed by atoms with Gasteiger partial charge in [-0.15, -0.1) is 0 Å².